The lowest BCUT2D eigenvalue weighted by Crippen LogP contribution is -2.35. The number of nitrogens with one attached hydrogen (secondary N) is 1. The SMILES string of the molecule is CNS(=O)(=O)c1ccc(OC2CCCCC2CN)cc1. The van der Waals surface area contributed by atoms with Crippen molar-refractivity contribution in [2.45, 2.75) is 36.7 Å². The molecule has 112 valence electrons. The molecule has 0 amide bonds. The molecule has 6 heteroatoms. The van der Waals surface area contributed by atoms with Crippen LogP contribution in [-0.2, 0) is 10.0 Å². The van der Waals surface area contributed by atoms with Crippen LogP contribution in [0.25, 0.3) is 0 Å². The smallest absolute Gasteiger partial charge is 0.240 e. The van der Waals surface area contributed by atoms with Gasteiger partial charge in [0, 0.05) is 5.92 Å². The van der Waals surface area contributed by atoms with Crippen molar-refractivity contribution >= 4 is 10.0 Å². The normalized spacial score (nSPS) is 23.5. The molecule has 0 aliphatic heterocycles. The minimum atomic E-state index is -3.39. The van der Waals surface area contributed by atoms with E-state index in [4.69, 9.17) is 10.5 Å². The standard InChI is InChI=1S/C14H22N2O3S/c1-16-20(17,18)13-8-6-12(7-9-13)19-14-5-3-2-4-11(14)10-15/h6-9,11,14,16H,2-5,10,15H2,1H3. The Balaban J connectivity index is 2.07. The molecule has 0 heterocycles. The number of rotatable bonds is 5. The number of hydrogen-bond acceptors (Lipinski definition) is 4. The van der Waals surface area contributed by atoms with E-state index in [1.165, 1.54) is 13.5 Å². The van der Waals surface area contributed by atoms with E-state index in [0.29, 0.717) is 18.2 Å². The number of ether oxygens (including phenoxy) is 1. The molecule has 20 heavy (non-hydrogen) atoms. The van der Waals surface area contributed by atoms with Crippen LogP contribution in [0.3, 0.4) is 0 Å². The Morgan fingerprint density at radius 3 is 2.50 bits per heavy atom. The van der Waals surface area contributed by atoms with Crippen molar-refractivity contribution in [2.75, 3.05) is 13.6 Å². The molecule has 2 rings (SSSR count). The highest BCUT2D eigenvalue weighted by atomic mass is 32.2. The van der Waals surface area contributed by atoms with E-state index in [2.05, 4.69) is 4.72 Å². The first-order chi connectivity index (χ1) is 9.56. The van der Waals surface area contributed by atoms with Crippen molar-refractivity contribution in [2.24, 2.45) is 11.7 Å². The molecule has 0 radical (unpaired) electrons. The van der Waals surface area contributed by atoms with Crippen LogP contribution < -0.4 is 15.2 Å². The van der Waals surface area contributed by atoms with Crippen molar-refractivity contribution in [3.05, 3.63) is 24.3 Å². The molecule has 1 aromatic rings. The second-order valence-electron chi connectivity index (χ2n) is 5.12. The highest BCUT2D eigenvalue weighted by molar-refractivity contribution is 7.89. The Labute approximate surface area is 120 Å². The highest BCUT2D eigenvalue weighted by Gasteiger charge is 2.25. The monoisotopic (exact) mass is 298 g/mol. The molecule has 1 aliphatic carbocycles. The number of benzene rings is 1. The van der Waals surface area contributed by atoms with E-state index < -0.39 is 10.0 Å². The minimum Gasteiger partial charge on any atom is -0.490 e. The van der Waals surface area contributed by atoms with E-state index in [1.54, 1.807) is 24.3 Å². The predicted molar refractivity (Wildman–Crippen MR) is 78.1 cm³/mol. The second kappa shape index (κ2) is 6.56. The first kappa shape index (κ1) is 15.3. The van der Waals surface area contributed by atoms with E-state index >= 15 is 0 Å². The summed E-state index contributed by atoms with van der Waals surface area (Å²) >= 11 is 0. The molecule has 0 spiro atoms. The van der Waals surface area contributed by atoms with Crippen LogP contribution >= 0.6 is 0 Å². The first-order valence-corrected chi connectivity index (χ1v) is 8.45. The van der Waals surface area contributed by atoms with Crippen molar-refractivity contribution in [3.8, 4) is 5.75 Å². The lowest BCUT2D eigenvalue weighted by Gasteiger charge is -2.31. The van der Waals surface area contributed by atoms with Gasteiger partial charge in [-0.1, -0.05) is 6.42 Å². The highest BCUT2D eigenvalue weighted by Crippen LogP contribution is 2.28. The van der Waals surface area contributed by atoms with Crippen LogP contribution in [0.1, 0.15) is 25.7 Å². The lowest BCUT2D eigenvalue weighted by molar-refractivity contribution is 0.0969. The van der Waals surface area contributed by atoms with Crippen molar-refractivity contribution < 1.29 is 13.2 Å². The summed E-state index contributed by atoms with van der Waals surface area (Å²) in [5.41, 5.74) is 5.78. The van der Waals surface area contributed by atoms with Crippen LogP contribution in [-0.4, -0.2) is 28.1 Å². The molecule has 3 N–H and O–H groups in total. The predicted octanol–water partition coefficient (Wildman–Crippen LogP) is 1.49. The van der Waals surface area contributed by atoms with Crippen LogP contribution in [0.15, 0.2) is 29.2 Å². The quantitative estimate of drug-likeness (QED) is 0.863. The molecule has 2 unspecified atom stereocenters. The summed E-state index contributed by atoms with van der Waals surface area (Å²) in [7, 11) is -1.99. The van der Waals surface area contributed by atoms with Gasteiger partial charge in [0.1, 0.15) is 11.9 Å². The van der Waals surface area contributed by atoms with E-state index in [9.17, 15) is 8.42 Å². The molecule has 1 aromatic carbocycles. The molecule has 0 saturated heterocycles. The van der Waals surface area contributed by atoms with Gasteiger partial charge in [0.05, 0.1) is 4.90 Å². The fourth-order valence-electron chi connectivity index (χ4n) is 2.59. The summed E-state index contributed by atoms with van der Waals surface area (Å²) in [6.45, 7) is 0.636. The fraction of sp³-hybridized carbons (Fsp3) is 0.571. The van der Waals surface area contributed by atoms with Crippen LogP contribution in [0.2, 0.25) is 0 Å². The third kappa shape index (κ3) is 3.50. The zero-order valence-electron chi connectivity index (χ0n) is 11.7. The average molecular weight is 298 g/mol. The summed E-state index contributed by atoms with van der Waals surface area (Å²) in [6.07, 6.45) is 4.63. The molecule has 1 fully saturated rings. The number of sulfonamides is 1. The van der Waals surface area contributed by atoms with Crippen LogP contribution in [0, 0.1) is 5.92 Å². The zero-order chi connectivity index (χ0) is 14.6. The van der Waals surface area contributed by atoms with Crippen molar-refractivity contribution in [1.82, 2.24) is 4.72 Å². The van der Waals surface area contributed by atoms with Gasteiger partial charge in [-0.3, -0.25) is 0 Å². The number of nitrogens with two attached hydrogens (primary N) is 1. The van der Waals surface area contributed by atoms with Crippen molar-refractivity contribution in [1.29, 1.82) is 0 Å². The van der Waals surface area contributed by atoms with Crippen LogP contribution in [0.4, 0.5) is 0 Å². The lowest BCUT2D eigenvalue weighted by atomic mass is 9.86. The molecular formula is C14H22N2O3S. The topological polar surface area (TPSA) is 81.4 Å². The molecule has 1 saturated carbocycles. The minimum absolute atomic E-state index is 0.139. The Morgan fingerprint density at radius 1 is 1.25 bits per heavy atom. The van der Waals surface area contributed by atoms with E-state index in [1.807, 2.05) is 0 Å². The second-order valence-corrected chi connectivity index (χ2v) is 7.00. The maximum absolute atomic E-state index is 11.6. The largest absolute Gasteiger partial charge is 0.490 e. The molecule has 2 atom stereocenters. The van der Waals surface area contributed by atoms with Crippen molar-refractivity contribution in [3.63, 3.8) is 0 Å². The summed E-state index contributed by atoms with van der Waals surface area (Å²) < 4.78 is 31.5. The van der Waals surface area contributed by atoms with Gasteiger partial charge in [0.25, 0.3) is 0 Å². The summed E-state index contributed by atoms with van der Waals surface area (Å²) in [5.74, 6) is 1.09. The Morgan fingerprint density at radius 2 is 1.90 bits per heavy atom. The molecular weight excluding hydrogens is 276 g/mol. The first-order valence-electron chi connectivity index (χ1n) is 6.97. The summed E-state index contributed by atoms with van der Waals surface area (Å²) in [4.78, 5) is 0.242. The van der Waals surface area contributed by atoms with Crippen LogP contribution in [0.5, 0.6) is 5.75 Å². The van der Waals surface area contributed by atoms with Gasteiger partial charge < -0.3 is 10.5 Å². The summed E-state index contributed by atoms with van der Waals surface area (Å²) in [5, 5.41) is 0. The maximum Gasteiger partial charge on any atom is 0.240 e. The van der Waals surface area contributed by atoms with Gasteiger partial charge in [-0.05, 0) is 57.1 Å². The van der Waals surface area contributed by atoms with E-state index in [-0.39, 0.29) is 11.0 Å². The summed E-state index contributed by atoms with van der Waals surface area (Å²) in [6, 6.07) is 6.52. The Kier molecular flexibility index (Phi) is 5.01. The maximum atomic E-state index is 11.6. The molecule has 1 aliphatic rings. The average Bonchev–Trinajstić information content (AvgIpc) is 2.48. The van der Waals surface area contributed by atoms with Gasteiger partial charge in [-0.2, -0.15) is 0 Å². The molecule has 0 bridgehead atoms. The number of hydrogen-bond donors (Lipinski definition) is 2. The molecule has 0 aromatic heterocycles. The van der Waals surface area contributed by atoms with Gasteiger partial charge in [-0.25, -0.2) is 13.1 Å². The van der Waals surface area contributed by atoms with Gasteiger partial charge >= 0.3 is 0 Å². The fourth-order valence-corrected chi connectivity index (χ4v) is 3.32. The zero-order valence-corrected chi connectivity index (χ0v) is 12.5. The Hall–Kier alpha value is -1.11. The third-order valence-corrected chi connectivity index (χ3v) is 5.26. The van der Waals surface area contributed by atoms with Gasteiger partial charge in [0.15, 0.2) is 0 Å². The third-order valence-electron chi connectivity index (χ3n) is 3.83. The van der Waals surface area contributed by atoms with Gasteiger partial charge in [-0.15, -0.1) is 0 Å². The van der Waals surface area contributed by atoms with Gasteiger partial charge in [0.2, 0.25) is 10.0 Å². The van der Waals surface area contributed by atoms with E-state index in [0.717, 1.165) is 19.3 Å². The molecule has 5 nitrogen and oxygen atoms in total. The Bertz CT molecular complexity index is 528.